The molecule has 0 radical (unpaired) electrons. The van der Waals surface area contributed by atoms with E-state index in [2.05, 4.69) is 9.98 Å². The molecule has 5 nitrogen and oxygen atoms in total. The van der Waals surface area contributed by atoms with Crippen LogP contribution in [0.25, 0.3) is 5.57 Å². The van der Waals surface area contributed by atoms with Crippen LogP contribution >= 0.6 is 11.3 Å². The number of rotatable bonds is 5. The number of carbonyl (C=O) groups excluding carboxylic acids is 1. The molecule has 1 rings (SSSR count). The fourth-order valence-corrected chi connectivity index (χ4v) is 1.87. The molecule has 0 atom stereocenters. The van der Waals surface area contributed by atoms with Crippen molar-refractivity contribution in [3.05, 3.63) is 17.2 Å². The van der Waals surface area contributed by atoms with E-state index in [0.717, 1.165) is 6.42 Å². The lowest BCUT2D eigenvalue weighted by Gasteiger charge is -2.01. The van der Waals surface area contributed by atoms with Gasteiger partial charge in [0.2, 0.25) is 5.13 Å². The highest BCUT2D eigenvalue weighted by Gasteiger charge is 2.14. The lowest BCUT2D eigenvalue weighted by Crippen LogP contribution is -2.07. The van der Waals surface area contributed by atoms with Crippen LogP contribution in [0.15, 0.2) is 16.4 Å². The Hall–Kier alpha value is -1.69. The quantitative estimate of drug-likeness (QED) is 0.355. The topological polar surface area (TPSA) is 54.8 Å². The Labute approximate surface area is 111 Å². The Morgan fingerprint density at radius 1 is 1.61 bits per heavy atom. The molecule has 0 aliphatic carbocycles. The number of esters is 1. The van der Waals surface area contributed by atoms with Crippen LogP contribution in [0.5, 0.6) is 0 Å². The summed E-state index contributed by atoms with van der Waals surface area (Å²) in [6, 6.07) is 0. The minimum Gasteiger partial charge on any atom is -0.465 e. The van der Waals surface area contributed by atoms with Gasteiger partial charge < -0.3 is 9.64 Å². The number of methoxy groups -OCH3 is 1. The summed E-state index contributed by atoms with van der Waals surface area (Å²) >= 11 is 1.39. The number of aromatic nitrogens is 1. The standard InChI is InChI=1S/C12H17N3O2S/c1-5-6-9(11(16)17-4)10-7-18-12(14-10)13-8-15(2)3/h6-8H,5H2,1-4H3/b9-6-,13-8?. The van der Waals surface area contributed by atoms with E-state index in [9.17, 15) is 4.79 Å². The van der Waals surface area contributed by atoms with Gasteiger partial charge in [0.25, 0.3) is 0 Å². The molecule has 0 aromatic carbocycles. The molecule has 98 valence electrons. The maximum Gasteiger partial charge on any atom is 0.339 e. The molecule has 0 N–H and O–H groups in total. The van der Waals surface area contributed by atoms with Gasteiger partial charge in [-0.25, -0.2) is 14.8 Å². The number of nitrogens with zero attached hydrogens (tertiary/aromatic N) is 3. The van der Waals surface area contributed by atoms with E-state index in [1.54, 1.807) is 17.8 Å². The van der Waals surface area contributed by atoms with E-state index >= 15 is 0 Å². The van der Waals surface area contributed by atoms with Crippen LogP contribution in [0.1, 0.15) is 19.0 Å². The summed E-state index contributed by atoms with van der Waals surface area (Å²) in [4.78, 5) is 21.9. The third kappa shape index (κ3) is 3.96. The summed E-state index contributed by atoms with van der Waals surface area (Å²) in [6.07, 6.45) is 4.22. The van der Waals surface area contributed by atoms with Gasteiger partial charge >= 0.3 is 5.97 Å². The van der Waals surface area contributed by atoms with Gasteiger partial charge in [-0.1, -0.05) is 13.0 Å². The second-order valence-corrected chi connectivity index (χ2v) is 4.58. The average Bonchev–Trinajstić information content (AvgIpc) is 2.81. The second kappa shape index (κ2) is 6.90. The lowest BCUT2D eigenvalue weighted by molar-refractivity contribution is -0.133. The van der Waals surface area contributed by atoms with Gasteiger partial charge in [-0.3, -0.25) is 0 Å². The zero-order valence-electron chi connectivity index (χ0n) is 11.0. The number of hydrogen-bond donors (Lipinski definition) is 0. The van der Waals surface area contributed by atoms with Gasteiger partial charge in [0.15, 0.2) is 0 Å². The van der Waals surface area contributed by atoms with Crippen molar-refractivity contribution in [1.82, 2.24) is 9.88 Å². The molecule has 0 saturated heterocycles. The van der Waals surface area contributed by atoms with Crippen molar-refractivity contribution in [2.45, 2.75) is 13.3 Å². The molecule has 0 fully saturated rings. The van der Waals surface area contributed by atoms with Crippen LogP contribution in [-0.4, -0.2) is 43.4 Å². The first kappa shape index (κ1) is 14.4. The molecule has 1 aromatic heterocycles. The molecule has 18 heavy (non-hydrogen) atoms. The minimum absolute atomic E-state index is 0.370. The summed E-state index contributed by atoms with van der Waals surface area (Å²) in [7, 11) is 5.13. The molecular weight excluding hydrogens is 250 g/mol. The van der Waals surface area contributed by atoms with Crippen LogP contribution in [0.2, 0.25) is 0 Å². The number of carbonyl (C=O) groups is 1. The van der Waals surface area contributed by atoms with Crippen molar-refractivity contribution in [2.75, 3.05) is 21.2 Å². The third-order valence-electron chi connectivity index (χ3n) is 1.98. The SMILES string of the molecule is CC/C=C(\C(=O)OC)c1csc(N=CN(C)C)n1. The van der Waals surface area contributed by atoms with Crippen molar-refractivity contribution >= 4 is 34.3 Å². The molecule has 1 heterocycles. The number of hydrogen-bond acceptors (Lipinski definition) is 5. The highest BCUT2D eigenvalue weighted by atomic mass is 32.1. The van der Waals surface area contributed by atoms with E-state index in [4.69, 9.17) is 4.74 Å². The van der Waals surface area contributed by atoms with Gasteiger partial charge in [-0.05, 0) is 6.42 Å². The Morgan fingerprint density at radius 3 is 2.89 bits per heavy atom. The first-order chi connectivity index (χ1) is 8.58. The molecule has 0 saturated carbocycles. The van der Waals surface area contributed by atoms with Crippen LogP contribution in [0, 0.1) is 0 Å². The normalized spacial score (nSPS) is 11.9. The fraction of sp³-hybridized carbons (Fsp3) is 0.417. The predicted molar refractivity (Wildman–Crippen MR) is 74.2 cm³/mol. The van der Waals surface area contributed by atoms with Gasteiger partial charge in [0.05, 0.1) is 24.7 Å². The van der Waals surface area contributed by atoms with Crippen LogP contribution in [0.3, 0.4) is 0 Å². The molecule has 0 bridgehead atoms. The van der Waals surface area contributed by atoms with Crippen molar-refractivity contribution in [2.24, 2.45) is 4.99 Å². The fourth-order valence-electron chi connectivity index (χ4n) is 1.22. The van der Waals surface area contributed by atoms with Crippen LogP contribution in [-0.2, 0) is 9.53 Å². The Kier molecular flexibility index (Phi) is 5.51. The smallest absolute Gasteiger partial charge is 0.339 e. The van der Waals surface area contributed by atoms with Crippen LogP contribution in [0.4, 0.5) is 5.13 Å². The minimum atomic E-state index is -0.370. The molecule has 0 unspecified atom stereocenters. The Morgan fingerprint density at radius 2 is 2.33 bits per heavy atom. The van der Waals surface area contributed by atoms with Gasteiger partial charge in [-0.15, -0.1) is 11.3 Å². The number of thiazole rings is 1. The van der Waals surface area contributed by atoms with Crippen molar-refractivity contribution < 1.29 is 9.53 Å². The van der Waals surface area contributed by atoms with Crippen LogP contribution < -0.4 is 0 Å². The van der Waals surface area contributed by atoms with Gasteiger partial charge in [0.1, 0.15) is 0 Å². The summed E-state index contributed by atoms with van der Waals surface area (Å²) < 4.78 is 4.74. The molecule has 0 spiro atoms. The van der Waals surface area contributed by atoms with Crippen molar-refractivity contribution in [3.8, 4) is 0 Å². The van der Waals surface area contributed by atoms with Crippen molar-refractivity contribution in [3.63, 3.8) is 0 Å². The highest BCUT2D eigenvalue weighted by Crippen LogP contribution is 2.24. The lowest BCUT2D eigenvalue weighted by atomic mass is 10.2. The highest BCUT2D eigenvalue weighted by molar-refractivity contribution is 7.13. The number of aliphatic imine (C=N–C) groups is 1. The van der Waals surface area contributed by atoms with Gasteiger partial charge in [-0.2, -0.15) is 0 Å². The average molecular weight is 267 g/mol. The van der Waals surface area contributed by atoms with E-state index in [1.807, 2.05) is 25.9 Å². The first-order valence-corrected chi connectivity index (χ1v) is 6.41. The monoisotopic (exact) mass is 267 g/mol. The first-order valence-electron chi connectivity index (χ1n) is 5.53. The number of ether oxygens (including phenoxy) is 1. The Bertz CT molecular complexity index is 464. The summed E-state index contributed by atoms with van der Waals surface area (Å²) in [5, 5.41) is 2.42. The third-order valence-corrected chi connectivity index (χ3v) is 2.73. The summed E-state index contributed by atoms with van der Waals surface area (Å²) in [6.45, 7) is 1.96. The van der Waals surface area contributed by atoms with E-state index < -0.39 is 0 Å². The summed E-state index contributed by atoms with van der Waals surface area (Å²) in [5.41, 5.74) is 1.10. The van der Waals surface area contributed by atoms with Gasteiger partial charge in [0, 0.05) is 19.5 Å². The predicted octanol–water partition coefficient (Wildman–Crippen LogP) is 2.33. The van der Waals surface area contributed by atoms with E-state index in [1.165, 1.54) is 18.4 Å². The molecule has 0 aliphatic heterocycles. The van der Waals surface area contributed by atoms with E-state index in [0.29, 0.717) is 16.4 Å². The number of allylic oxidation sites excluding steroid dienone is 1. The molecule has 6 heteroatoms. The molecule has 0 aliphatic rings. The van der Waals surface area contributed by atoms with Crippen molar-refractivity contribution in [1.29, 1.82) is 0 Å². The zero-order chi connectivity index (χ0) is 13.5. The maximum atomic E-state index is 11.6. The Balaban J connectivity index is 2.95. The summed E-state index contributed by atoms with van der Waals surface area (Å²) in [5.74, 6) is -0.370. The largest absolute Gasteiger partial charge is 0.465 e. The zero-order valence-corrected chi connectivity index (χ0v) is 11.8. The van der Waals surface area contributed by atoms with E-state index in [-0.39, 0.29) is 5.97 Å². The molecular formula is C12H17N3O2S. The maximum absolute atomic E-state index is 11.6. The second-order valence-electron chi connectivity index (χ2n) is 3.74. The molecule has 1 aromatic rings. The molecule has 0 amide bonds.